The summed E-state index contributed by atoms with van der Waals surface area (Å²) in [5.41, 5.74) is 2.92. The minimum absolute atomic E-state index is 0.249. The maximum absolute atomic E-state index is 11.9. The first-order valence-corrected chi connectivity index (χ1v) is 8.01. The van der Waals surface area contributed by atoms with Crippen molar-refractivity contribution in [1.82, 2.24) is 0 Å². The van der Waals surface area contributed by atoms with E-state index in [1.807, 2.05) is 66.7 Å². The van der Waals surface area contributed by atoms with Gasteiger partial charge < -0.3 is 9.84 Å². The molecule has 3 aromatic carbocycles. The van der Waals surface area contributed by atoms with Crippen LogP contribution in [0.4, 0.5) is 0 Å². The van der Waals surface area contributed by atoms with Gasteiger partial charge >= 0.3 is 5.97 Å². The standard InChI is InChI=1S/C22H18O3/c23-20-12-8-17(9-13-20)6-7-18-10-14-21(15-11-18)25-22(24)16-19-4-2-1-3-5-19/h1-15,23H,16H2/b7-6+. The Morgan fingerprint density at radius 1 is 0.800 bits per heavy atom. The highest BCUT2D eigenvalue weighted by atomic mass is 16.5. The predicted octanol–water partition coefficient (Wildman–Crippen LogP) is 4.71. The molecular formula is C22H18O3. The molecule has 1 N–H and O–H groups in total. The van der Waals surface area contributed by atoms with Gasteiger partial charge in [0, 0.05) is 0 Å². The van der Waals surface area contributed by atoms with E-state index in [1.54, 1.807) is 24.3 Å². The maximum atomic E-state index is 11.9. The molecule has 0 spiro atoms. The first-order chi connectivity index (χ1) is 12.2. The van der Waals surface area contributed by atoms with Gasteiger partial charge in [-0.15, -0.1) is 0 Å². The summed E-state index contributed by atoms with van der Waals surface area (Å²) < 4.78 is 5.36. The number of hydrogen-bond donors (Lipinski definition) is 1. The lowest BCUT2D eigenvalue weighted by molar-refractivity contribution is -0.133. The van der Waals surface area contributed by atoms with Crippen molar-refractivity contribution in [3.63, 3.8) is 0 Å². The Labute approximate surface area is 146 Å². The molecule has 0 aliphatic rings. The lowest BCUT2D eigenvalue weighted by Gasteiger charge is -2.05. The van der Waals surface area contributed by atoms with Crippen LogP contribution in [0.3, 0.4) is 0 Å². The van der Waals surface area contributed by atoms with Crippen LogP contribution in [0.15, 0.2) is 78.9 Å². The molecule has 0 saturated heterocycles. The molecule has 124 valence electrons. The van der Waals surface area contributed by atoms with E-state index in [-0.39, 0.29) is 18.1 Å². The van der Waals surface area contributed by atoms with E-state index in [2.05, 4.69) is 0 Å². The fourth-order valence-corrected chi connectivity index (χ4v) is 2.35. The molecule has 0 bridgehead atoms. The summed E-state index contributed by atoms with van der Waals surface area (Å²) in [7, 11) is 0. The van der Waals surface area contributed by atoms with Crippen molar-refractivity contribution in [1.29, 1.82) is 0 Å². The van der Waals surface area contributed by atoms with Gasteiger partial charge in [-0.25, -0.2) is 0 Å². The largest absolute Gasteiger partial charge is 0.508 e. The average molecular weight is 330 g/mol. The highest BCUT2D eigenvalue weighted by molar-refractivity contribution is 5.75. The summed E-state index contributed by atoms with van der Waals surface area (Å²) in [6.45, 7) is 0. The summed E-state index contributed by atoms with van der Waals surface area (Å²) in [5.74, 6) is 0.500. The van der Waals surface area contributed by atoms with Crippen molar-refractivity contribution in [2.45, 2.75) is 6.42 Å². The molecule has 3 heteroatoms. The van der Waals surface area contributed by atoms with E-state index >= 15 is 0 Å². The third-order valence-electron chi connectivity index (χ3n) is 3.66. The molecule has 25 heavy (non-hydrogen) atoms. The molecule has 0 heterocycles. The van der Waals surface area contributed by atoms with Gasteiger partial charge in [0.1, 0.15) is 11.5 Å². The minimum atomic E-state index is -0.279. The first-order valence-electron chi connectivity index (χ1n) is 8.01. The number of benzene rings is 3. The summed E-state index contributed by atoms with van der Waals surface area (Å²) >= 11 is 0. The van der Waals surface area contributed by atoms with Crippen LogP contribution in [0.25, 0.3) is 12.2 Å². The van der Waals surface area contributed by atoms with Gasteiger partial charge in [0.2, 0.25) is 0 Å². The Hall–Kier alpha value is -3.33. The number of phenolic OH excluding ortho intramolecular Hbond substituents is 1. The molecule has 0 radical (unpaired) electrons. The van der Waals surface area contributed by atoms with Crippen LogP contribution >= 0.6 is 0 Å². The van der Waals surface area contributed by atoms with Gasteiger partial charge in [-0.05, 0) is 41.0 Å². The molecule has 0 aliphatic carbocycles. The summed E-state index contributed by atoms with van der Waals surface area (Å²) in [6, 6.07) is 23.8. The molecule has 0 unspecified atom stereocenters. The molecule has 0 saturated carbocycles. The summed E-state index contributed by atoms with van der Waals surface area (Å²) in [6.07, 6.45) is 4.17. The molecule has 0 aromatic heterocycles. The molecule has 3 rings (SSSR count). The van der Waals surface area contributed by atoms with Crippen LogP contribution in [-0.4, -0.2) is 11.1 Å². The zero-order valence-corrected chi connectivity index (χ0v) is 13.6. The van der Waals surface area contributed by atoms with Crippen molar-refractivity contribution in [2.75, 3.05) is 0 Å². The maximum Gasteiger partial charge on any atom is 0.315 e. The van der Waals surface area contributed by atoms with Crippen LogP contribution in [0, 0.1) is 0 Å². The van der Waals surface area contributed by atoms with Crippen molar-refractivity contribution in [2.24, 2.45) is 0 Å². The Bertz CT molecular complexity index is 848. The Morgan fingerprint density at radius 3 is 1.96 bits per heavy atom. The Balaban J connectivity index is 1.58. The van der Waals surface area contributed by atoms with E-state index in [9.17, 15) is 9.90 Å². The molecule has 3 aromatic rings. The van der Waals surface area contributed by atoms with Gasteiger partial charge in [-0.2, -0.15) is 0 Å². The summed E-state index contributed by atoms with van der Waals surface area (Å²) in [4.78, 5) is 11.9. The average Bonchev–Trinajstić information content (AvgIpc) is 2.63. The lowest BCUT2D eigenvalue weighted by atomic mass is 10.1. The van der Waals surface area contributed by atoms with Crippen LogP contribution in [0.2, 0.25) is 0 Å². The van der Waals surface area contributed by atoms with Gasteiger partial charge in [0.25, 0.3) is 0 Å². The van der Waals surface area contributed by atoms with Crippen LogP contribution < -0.4 is 4.74 Å². The zero-order chi connectivity index (χ0) is 17.5. The fraction of sp³-hybridized carbons (Fsp3) is 0.0455. The number of carbonyl (C=O) groups is 1. The third-order valence-corrected chi connectivity index (χ3v) is 3.66. The van der Waals surface area contributed by atoms with Crippen molar-refractivity contribution in [3.05, 3.63) is 95.6 Å². The highest BCUT2D eigenvalue weighted by Crippen LogP contribution is 2.16. The summed E-state index contributed by atoms with van der Waals surface area (Å²) in [5, 5.41) is 9.27. The Morgan fingerprint density at radius 2 is 1.36 bits per heavy atom. The number of esters is 1. The van der Waals surface area contributed by atoms with E-state index in [0.717, 1.165) is 16.7 Å². The topological polar surface area (TPSA) is 46.5 Å². The number of ether oxygens (including phenoxy) is 1. The minimum Gasteiger partial charge on any atom is -0.508 e. The van der Waals surface area contributed by atoms with Gasteiger partial charge in [-0.1, -0.05) is 66.7 Å². The number of carbonyl (C=O) groups excluding carboxylic acids is 1. The molecule has 0 fully saturated rings. The van der Waals surface area contributed by atoms with Crippen LogP contribution in [-0.2, 0) is 11.2 Å². The monoisotopic (exact) mass is 330 g/mol. The fourth-order valence-electron chi connectivity index (χ4n) is 2.35. The normalized spacial score (nSPS) is 10.7. The molecule has 0 amide bonds. The lowest BCUT2D eigenvalue weighted by Crippen LogP contribution is -2.11. The van der Waals surface area contributed by atoms with Crippen LogP contribution in [0.1, 0.15) is 16.7 Å². The smallest absolute Gasteiger partial charge is 0.315 e. The second kappa shape index (κ2) is 7.97. The molecular weight excluding hydrogens is 312 g/mol. The molecule has 3 nitrogen and oxygen atoms in total. The van der Waals surface area contributed by atoms with Crippen LogP contribution in [0.5, 0.6) is 11.5 Å². The SMILES string of the molecule is O=C(Cc1ccccc1)Oc1ccc(/C=C/c2ccc(O)cc2)cc1. The van der Waals surface area contributed by atoms with Gasteiger partial charge in [0.15, 0.2) is 0 Å². The predicted molar refractivity (Wildman–Crippen MR) is 99.3 cm³/mol. The van der Waals surface area contributed by atoms with E-state index in [1.165, 1.54) is 0 Å². The van der Waals surface area contributed by atoms with Crippen molar-refractivity contribution >= 4 is 18.1 Å². The number of rotatable bonds is 5. The quantitative estimate of drug-likeness (QED) is 0.419. The van der Waals surface area contributed by atoms with E-state index in [4.69, 9.17) is 4.74 Å². The van der Waals surface area contributed by atoms with Crippen molar-refractivity contribution < 1.29 is 14.6 Å². The van der Waals surface area contributed by atoms with E-state index < -0.39 is 0 Å². The van der Waals surface area contributed by atoms with Crippen molar-refractivity contribution in [3.8, 4) is 11.5 Å². The third kappa shape index (κ3) is 5.08. The highest BCUT2D eigenvalue weighted by Gasteiger charge is 2.05. The van der Waals surface area contributed by atoms with E-state index in [0.29, 0.717) is 5.75 Å². The van der Waals surface area contributed by atoms with Gasteiger partial charge in [0.05, 0.1) is 6.42 Å². The number of phenols is 1. The molecule has 0 aliphatic heterocycles. The second-order valence-electron chi connectivity index (χ2n) is 5.63. The first kappa shape index (κ1) is 16.5. The Kier molecular flexibility index (Phi) is 5.27. The number of hydrogen-bond acceptors (Lipinski definition) is 3. The zero-order valence-electron chi connectivity index (χ0n) is 13.6. The second-order valence-corrected chi connectivity index (χ2v) is 5.63. The number of aromatic hydroxyl groups is 1. The molecule has 0 atom stereocenters. The van der Waals surface area contributed by atoms with Gasteiger partial charge in [-0.3, -0.25) is 4.79 Å².